The van der Waals surface area contributed by atoms with Crippen LogP contribution in [-0.2, 0) is 9.59 Å². The minimum Gasteiger partial charge on any atom is -0.494 e. The van der Waals surface area contributed by atoms with Gasteiger partial charge in [-0.15, -0.1) is 0 Å². The third-order valence-corrected chi connectivity index (χ3v) is 4.56. The van der Waals surface area contributed by atoms with E-state index in [0.717, 1.165) is 11.4 Å². The topological polar surface area (TPSA) is 84.7 Å². The highest BCUT2D eigenvalue weighted by molar-refractivity contribution is 6.39. The van der Waals surface area contributed by atoms with E-state index in [4.69, 9.17) is 4.74 Å². The van der Waals surface area contributed by atoms with Crippen molar-refractivity contribution in [3.8, 4) is 11.4 Å². The first-order valence-corrected chi connectivity index (χ1v) is 9.71. The standard InChI is InChI=1S/C23H23FN4O3/c1-4-31-19-11-9-18(10-12-19)26-22(29)23(30)27-25-14-17-13-15(2)28(16(17)3)21-8-6-5-7-20(21)24/h5-14H,4H2,1-3H3,(H,26,29)(H,27,30)/b25-14-. The van der Waals surface area contributed by atoms with Crippen molar-refractivity contribution in [1.82, 2.24) is 9.99 Å². The highest BCUT2D eigenvalue weighted by Gasteiger charge is 2.14. The van der Waals surface area contributed by atoms with Gasteiger partial charge in [0.2, 0.25) is 0 Å². The summed E-state index contributed by atoms with van der Waals surface area (Å²) in [5.41, 5.74) is 5.33. The van der Waals surface area contributed by atoms with Crippen LogP contribution in [0.4, 0.5) is 10.1 Å². The number of hydrogen-bond donors (Lipinski definition) is 2. The number of hydrogen-bond acceptors (Lipinski definition) is 4. The first kappa shape index (κ1) is 21.8. The fourth-order valence-corrected chi connectivity index (χ4v) is 3.12. The first-order valence-electron chi connectivity index (χ1n) is 9.71. The van der Waals surface area contributed by atoms with Gasteiger partial charge in [0.1, 0.15) is 11.6 Å². The molecule has 0 aliphatic rings. The SMILES string of the molecule is CCOc1ccc(NC(=O)C(=O)N/N=C\c2cc(C)n(-c3ccccc3F)c2C)cc1. The Labute approximate surface area is 179 Å². The van der Waals surface area contributed by atoms with Crippen LogP contribution in [0.15, 0.2) is 59.7 Å². The number of carbonyl (C=O) groups excluding carboxylic acids is 2. The number of nitrogens with one attached hydrogen (secondary N) is 2. The summed E-state index contributed by atoms with van der Waals surface area (Å²) in [6.07, 6.45) is 1.42. The average Bonchev–Trinajstić information content (AvgIpc) is 3.03. The van der Waals surface area contributed by atoms with Crippen molar-refractivity contribution in [2.75, 3.05) is 11.9 Å². The molecule has 0 atom stereocenters. The number of aromatic nitrogens is 1. The molecule has 0 fully saturated rings. The molecule has 160 valence electrons. The minimum atomic E-state index is -0.909. The Morgan fingerprint density at radius 2 is 1.81 bits per heavy atom. The number of aryl methyl sites for hydroxylation is 1. The quantitative estimate of drug-likeness (QED) is 0.361. The van der Waals surface area contributed by atoms with Gasteiger partial charge in [-0.2, -0.15) is 5.10 Å². The number of carbonyl (C=O) groups is 2. The van der Waals surface area contributed by atoms with E-state index in [-0.39, 0.29) is 5.82 Å². The lowest BCUT2D eigenvalue weighted by Gasteiger charge is -2.10. The maximum absolute atomic E-state index is 14.2. The smallest absolute Gasteiger partial charge is 0.329 e. The molecule has 2 aromatic carbocycles. The van der Waals surface area contributed by atoms with Crippen LogP contribution in [0.25, 0.3) is 5.69 Å². The van der Waals surface area contributed by atoms with Crippen LogP contribution in [0.3, 0.4) is 0 Å². The van der Waals surface area contributed by atoms with Gasteiger partial charge in [-0.05, 0) is 63.2 Å². The second-order valence-corrected chi connectivity index (χ2v) is 6.72. The van der Waals surface area contributed by atoms with E-state index in [1.165, 1.54) is 12.3 Å². The lowest BCUT2D eigenvalue weighted by Crippen LogP contribution is -2.32. The van der Waals surface area contributed by atoms with E-state index in [2.05, 4.69) is 15.8 Å². The lowest BCUT2D eigenvalue weighted by atomic mass is 10.2. The molecular formula is C23H23FN4O3. The summed E-state index contributed by atoms with van der Waals surface area (Å²) in [5, 5.41) is 6.35. The number of para-hydroxylation sites is 1. The summed E-state index contributed by atoms with van der Waals surface area (Å²) in [6, 6.07) is 14.9. The number of hydrazone groups is 1. The van der Waals surface area contributed by atoms with E-state index < -0.39 is 11.8 Å². The fraction of sp³-hybridized carbons (Fsp3) is 0.174. The zero-order chi connectivity index (χ0) is 22.4. The molecule has 3 rings (SSSR count). The van der Waals surface area contributed by atoms with E-state index in [1.807, 2.05) is 26.8 Å². The van der Waals surface area contributed by atoms with Crippen LogP contribution in [0.5, 0.6) is 5.75 Å². The van der Waals surface area contributed by atoms with Crippen LogP contribution in [-0.4, -0.2) is 29.2 Å². The number of rotatable bonds is 6. The number of anilines is 1. The number of amides is 2. The summed E-state index contributed by atoms with van der Waals surface area (Å²) < 4.78 is 21.3. The number of benzene rings is 2. The van der Waals surface area contributed by atoms with Gasteiger partial charge >= 0.3 is 11.8 Å². The number of nitrogens with zero attached hydrogens (tertiary/aromatic N) is 2. The summed E-state index contributed by atoms with van der Waals surface area (Å²) in [5.74, 6) is -1.43. The van der Waals surface area contributed by atoms with Crippen LogP contribution in [0, 0.1) is 19.7 Å². The van der Waals surface area contributed by atoms with Gasteiger partial charge in [0.05, 0.1) is 18.5 Å². The van der Waals surface area contributed by atoms with Crippen molar-refractivity contribution in [2.24, 2.45) is 5.10 Å². The monoisotopic (exact) mass is 422 g/mol. The summed E-state index contributed by atoms with van der Waals surface area (Å²) >= 11 is 0. The van der Waals surface area contributed by atoms with Crippen molar-refractivity contribution in [2.45, 2.75) is 20.8 Å². The predicted molar refractivity (Wildman–Crippen MR) is 117 cm³/mol. The zero-order valence-electron chi connectivity index (χ0n) is 17.5. The molecule has 1 aromatic heterocycles. The highest BCUT2D eigenvalue weighted by Crippen LogP contribution is 2.21. The molecule has 0 spiro atoms. The second-order valence-electron chi connectivity index (χ2n) is 6.72. The summed E-state index contributed by atoms with van der Waals surface area (Å²) in [6.45, 7) is 6.08. The Morgan fingerprint density at radius 3 is 2.48 bits per heavy atom. The van der Waals surface area contributed by atoms with Crippen molar-refractivity contribution in [3.05, 3.63) is 77.4 Å². The number of ether oxygens (including phenoxy) is 1. The van der Waals surface area contributed by atoms with Crippen LogP contribution in [0.2, 0.25) is 0 Å². The van der Waals surface area contributed by atoms with Crippen molar-refractivity contribution >= 4 is 23.7 Å². The van der Waals surface area contributed by atoms with Crippen LogP contribution < -0.4 is 15.5 Å². The van der Waals surface area contributed by atoms with E-state index in [1.54, 1.807) is 47.0 Å². The molecule has 7 nitrogen and oxygen atoms in total. The molecule has 0 saturated carbocycles. The molecule has 3 aromatic rings. The van der Waals surface area contributed by atoms with Gasteiger partial charge in [0.25, 0.3) is 0 Å². The molecule has 31 heavy (non-hydrogen) atoms. The molecule has 1 heterocycles. The lowest BCUT2D eigenvalue weighted by molar-refractivity contribution is -0.136. The van der Waals surface area contributed by atoms with Gasteiger partial charge in [-0.3, -0.25) is 9.59 Å². The minimum absolute atomic E-state index is 0.341. The molecule has 0 aliphatic heterocycles. The van der Waals surface area contributed by atoms with Crippen LogP contribution >= 0.6 is 0 Å². The van der Waals surface area contributed by atoms with E-state index in [9.17, 15) is 14.0 Å². The number of halogens is 1. The molecule has 0 saturated heterocycles. The Bertz CT molecular complexity index is 1120. The second kappa shape index (κ2) is 9.71. The largest absolute Gasteiger partial charge is 0.494 e. The Kier molecular flexibility index (Phi) is 6.81. The third kappa shape index (κ3) is 5.16. The Hall–Kier alpha value is -3.94. The maximum atomic E-state index is 14.2. The first-order chi connectivity index (χ1) is 14.9. The highest BCUT2D eigenvalue weighted by atomic mass is 19.1. The molecule has 2 amide bonds. The predicted octanol–water partition coefficient (Wildman–Crippen LogP) is 3.72. The van der Waals surface area contributed by atoms with Crippen LogP contribution in [0.1, 0.15) is 23.9 Å². The maximum Gasteiger partial charge on any atom is 0.329 e. The Morgan fingerprint density at radius 1 is 1.10 bits per heavy atom. The molecule has 8 heteroatoms. The van der Waals surface area contributed by atoms with Gasteiger partial charge in [-0.1, -0.05) is 12.1 Å². The van der Waals surface area contributed by atoms with Gasteiger partial charge in [-0.25, -0.2) is 9.82 Å². The third-order valence-electron chi connectivity index (χ3n) is 4.56. The van der Waals surface area contributed by atoms with Gasteiger partial charge in [0.15, 0.2) is 0 Å². The molecule has 2 N–H and O–H groups in total. The van der Waals surface area contributed by atoms with Crippen molar-refractivity contribution < 1.29 is 18.7 Å². The van der Waals surface area contributed by atoms with E-state index >= 15 is 0 Å². The fourth-order valence-electron chi connectivity index (χ4n) is 3.12. The van der Waals surface area contributed by atoms with Gasteiger partial charge < -0.3 is 14.6 Å². The average molecular weight is 422 g/mol. The van der Waals surface area contributed by atoms with Gasteiger partial charge in [0, 0.05) is 22.6 Å². The normalized spacial score (nSPS) is 10.8. The Balaban J connectivity index is 1.64. The summed E-state index contributed by atoms with van der Waals surface area (Å²) in [4.78, 5) is 24.1. The molecule has 0 aliphatic carbocycles. The van der Waals surface area contributed by atoms with E-state index in [0.29, 0.717) is 29.3 Å². The molecule has 0 radical (unpaired) electrons. The molecule has 0 unspecified atom stereocenters. The summed E-state index contributed by atoms with van der Waals surface area (Å²) in [7, 11) is 0. The molecular weight excluding hydrogens is 399 g/mol. The molecule has 0 bridgehead atoms. The van der Waals surface area contributed by atoms with Crippen molar-refractivity contribution in [3.63, 3.8) is 0 Å². The zero-order valence-corrected chi connectivity index (χ0v) is 17.5. The van der Waals surface area contributed by atoms with Crippen molar-refractivity contribution in [1.29, 1.82) is 0 Å².